The van der Waals surface area contributed by atoms with Crippen LogP contribution >= 0.6 is 0 Å². The molecule has 1 aliphatic carbocycles. The first-order valence-electron chi connectivity index (χ1n) is 11.0. The van der Waals surface area contributed by atoms with Crippen molar-refractivity contribution in [2.45, 2.75) is 37.8 Å². The zero-order valence-corrected chi connectivity index (χ0v) is 18.2. The number of methoxy groups -OCH3 is 1. The van der Waals surface area contributed by atoms with Crippen LogP contribution in [0.2, 0.25) is 0 Å². The zero-order chi connectivity index (χ0) is 22.8. The summed E-state index contributed by atoms with van der Waals surface area (Å²) in [6.07, 6.45) is 4.33. The molecule has 4 aromatic rings. The number of hydrogen-bond donors (Lipinski definition) is 3. The van der Waals surface area contributed by atoms with Crippen LogP contribution in [0.4, 0.5) is 27.7 Å². The summed E-state index contributed by atoms with van der Waals surface area (Å²) < 4.78 is 21.6. The standard InChI is InChI=1S/C24H25FN6O2/c1-33-18-12-6-15(7-13-18)27-23-26-14-21-22(30-23)31(16-8-10-17(32)11-9-16)24(29-21)28-20-5-3-2-4-19(20)25/h2-7,12-14,16-17,32H,8-11H2,1H3,(H,28,29)(H,26,27,30). The largest absolute Gasteiger partial charge is 0.497 e. The maximum Gasteiger partial charge on any atom is 0.229 e. The van der Waals surface area contributed by atoms with E-state index in [0.717, 1.165) is 24.3 Å². The van der Waals surface area contributed by atoms with Crippen LogP contribution in [0.15, 0.2) is 54.7 Å². The summed E-state index contributed by atoms with van der Waals surface area (Å²) in [7, 11) is 1.62. The quantitative estimate of drug-likeness (QED) is 0.384. The minimum atomic E-state index is -0.358. The number of ether oxygens (including phenoxy) is 1. The number of hydrogen-bond acceptors (Lipinski definition) is 7. The number of para-hydroxylation sites is 1. The monoisotopic (exact) mass is 448 g/mol. The Kier molecular flexibility index (Phi) is 5.78. The van der Waals surface area contributed by atoms with Crippen molar-refractivity contribution in [2.24, 2.45) is 0 Å². The fraction of sp³-hybridized carbons (Fsp3) is 0.292. The third kappa shape index (κ3) is 4.45. The molecule has 9 heteroatoms. The van der Waals surface area contributed by atoms with Gasteiger partial charge in [-0.3, -0.25) is 4.57 Å². The molecule has 0 radical (unpaired) electrons. The predicted octanol–water partition coefficient (Wildman–Crippen LogP) is 4.94. The average Bonchev–Trinajstić information content (AvgIpc) is 3.19. The summed E-state index contributed by atoms with van der Waals surface area (Å²) >= 11 is 0. The Morgan fingerprint density at radius 3 is 2.48 bits per heavy atom. The number of anilines is 4. The van der Waals surface area contributed by atoms with Gasteiger partial charge in [0.15, 0.2) is 5.65 Å². The van der Waals surface area contributed by atoms with Gasteiger partial charge in [0.05, 0.1) is 25.1 Å². The number of rotatable bonds is 6. The molecule has 0 aliphatic heterocycles. The first-order chi connectivity index (χ1) is 16.1. The maximum atomic E-state index is 14.3. The van der Waals surface area contributed by atoms with Crippen molar-refractivity contribution in [2.75, 3.05) is 17.7 Å². The summed E-state index contributed by atoms with van der Waals surface area (Å²) in [5, 5.41) is 16.3. The van der Waals surface area contributed by atoms with E-state index in [2.05, 4.69) is 20.6 Å². The van der Waals surface area contributed by atoms with Gasteiger partial charge in [-0.15, -0.1) is 0 Å². The van der Waals surface area contributed by atoms with Gasteiger partial charge in [0.1, 0.15) is 17.1 Å². The number of imidazole rings is 1. The summed E-state index contributed by atoms with van der Waals surface area (Å²) in [4.78, 5) is 13.8. The third-order valence-corrected chi connectivity index (χ3v) is 5.93. The molecular weight excluding hydrogens is 423 g/mol. The minimum Gasteiger partial charge on any atom is -0.497 e. The Labute approximate surface area is 190 Å². The number of aliphatic hydroxyl groups is 1. The van der Waals surface area contributed by atoms with E-state index in [-0.39, 0.29) is 18.0 Å². The van der Waals surface area contributed by atoms with E-state index in [4.69, 9.17) is 9.72 Å². The summed E-state index contributed by atoms with van der Waals surface area (Å²) in [6, 6.07) is 14.1. The van der Waals surface area contributed by atoms with Crippen molar-refractivity contribution in [3.05, 3.63) is 60.5 Å². The number of aromatic nitrogens is 4. The Hall–Kier alpha value is -3.72. The summed E-state index contributed by atoms with van der Waals surface area (Å²) in [5.41, 5.74) is 2.43. The highest BCUT2D eigenvalue weighted by Gasteiger charge is 2.26. The number of halogens is 1. The molecule has 0 saturated heterocycles. The first-order valence-corrected chi connectivity index (χ1v) is 11.0. The van der Waals surface area contributed by atoms with Gasteiger partial charge >= 0.3 is 0 Å². The van der Waals surface area contributed by atoms with Gasteiger partial charge in [-0.1, -0.05) is 12.1 Å². The van der Waals surface area contributed by atoms with E-state index in [1.807, 2.05) is 28.8 Å². The highest BCUT2D eigenvalue weighted by atomic mass is 19.1. The second kappa shape index (κ2) is 9.03. The van der Waals surface area contributed by atoms with Crippen LogP contribution in [0, 0.1) is 5.82 Å². The molecule has 0 atom stereocenters. The van der Waals surface area contributed by atoms with Gasteiger partial charge in [-0.05, 0) is 62.1 Å². The molecule has 2 aromatic carbocycles. The van der Waals surface area contributed by atoms with Crippen LogP contribution in [0.3, 0.4) is 0 Å². The first kappa shape index (κ1) is 21.1. The molecular formula is C24H25FN6O2. The molecule has 170 valence electrons. The minimum absolute atomic E-state index is 0.0800. The van der Waals surface area contributed by atoms with Gasteiger partial charge in [0.25, 0.3) is 0 Å². The number of benzene rings is 2. The molecule has 8 nitrogen and oxygen atoms in total. The van der Waals surface area contributed by atoms with Crippen molar-refractivity contribution in [1.82, 2.24) is 19.5 Å². The molecule has 1 aliphatic rings. The molecule has 0 unspecified atom stereocenters. The highest BCUT2D eigenvalue weighted by molar-refractivity contribution is 5.77. The van der Waals surface area contributed by atoms with E-state index in [1.165, 1.54) is 6.07 Å². The number of aliphatic hydroxyl groups excluding tert-OH is 1. The van der Waals surface area contributed by atoms with Crippen molar-refractivity contribution in [3.8, 4) is 5.75 Å². The molecule has 1 fully saturated rings. The summed E-state index contributed by atoms with van der Waals surface area (Å²) in [5.74, 6) is 1.34. The molecule has 2 heterocycles. The van der Waals surface area contributed by atoms with Gasteiger partial charge in [-0.2, -0.15) is 4.98 Å². The van der Waals surface area contributed by atoms with E-state index in [9.17, 15) is 9.50 Å². The number of nitrogens with one attached hydrogen (secondary N) is 2. The normalized spacial score (nSPS) is 18.3. The Bertz CT molecular complexity index is 1250. The third-order valence-electron chi connectivity index (χ3n) is 5.93. The molecule has 1 saturated carbocycles. The highest BCUT2D eigenvalue weighted by Crippen LogP contribution is 2.35. The van der Waals surface area contributed by atoms with Crippen LogP contribution in [-0.4, -0.2) is 37.8 Å². The SMILES string of the molecule is COc1ccc(Nc2ncc3nc(Nc4ccccc4F)n(C4CCC(O)CC4)c3n2)cc1. The van der Waals surface area contributed by atoms with Crippen molar-refractivity contribution in [3.63, 3.8) is 0 Å². The van der Waals surface area contributed by atoms with Crippen LogP contribution in [0.5, 0.6) is 5.75 Å². The predicted molar refractivity (Wildman–Crippen MR) is 125 cm³/mol. The van der Waals surface area contributed by atoms with Crippen LogP contribution in [0.1, 0.15) is 31.7 Å². The van der Waals surface area contributed by atoms with Crippen molar-refractivity contribution < 1.29 is 14.2 Å². The maximum absolute atomic E-state index is 14.3. The molecule has 0 amide bonds. The number of fused-ring (bicyclic) bond motifs is 1. The lowest BCUT2D eigenvalue weighted by Crippen LogP contribution is -2.22. The Morgan fingerprint density at radius 2 is 1.76 bits per heavy atom. The van der Waals surface area contributed by atoms with Gasteiger partial charge in [-0.25, -0.2) is 14.4 Å². The molecule has 3 N–H and O–H groups in total. The Balaban J connectivity index is 1.53. The van der Waals surface area contributed by atoms with Crippen LogP contribution in [-0.2, 0) is 0 Å². The molecule has 33 heavy (non-hydrogen) atoms. The topological polar surface area (TPSA) is 97.1 Å². The van der Waals surface area contributed by atoms with Crippen molar-refractivity contribution >= 4 is 34.4 Å². The van der Waals surface area contributed by atoms with E-state index in [1.54, 1.807) is 31.5 Å². The van der Waals surface area contributed by atoms with E-state index >= 15 is 0 Å². The lowest BCUT2D eigenvalue weighted by atomic mass is 9.93. The average molecular weight is 449 g/mol. The fourth-order valence-electron chi connectivity index (χ4n) is 4.19. The zero-order valence-electron chi connectivity index (χ0n) is 18.2. The molecule has 0 bridgehead atoms. The van der Waals surface area contributed by atoms with Crippen molar-refractivity contribution in [1.29, 1.82) is 0 Å². The smallest absolute Gasteiger partial charge is 0.229 e. The Morgan fingerprint density at radius 1 is 1.00 bits per heavy atom. The van der Waals surface area contributed by atoms with Gasteiger partial charge < -0.3 is 20.5 Å². The second-order valence-electron chi connectivity index (χ2n) is 8.13. The molecule has 2 aromatic heterocycles. The van der Waals surface area contributed by atoms with Gasteiger partial charge in [0.2, 0.25) is 11.9 Å². The van der Waals surface area contributed by atoms with Gasteiger partial charge in [0, 0.05) is 11.7 Å². The number of nitrogens with zero attached hydrogens (tertiary/aromatic N) is 4. The summed E-state index contributed by atoms with van der Waals surface area (Å²) in [6.45, 7) is 0. The van der Waals surface area contributed by atoms with E-state index < -0.39 is 0 Å². The lowest BCUT2D eigenvalue weighted by Gasteiger charge is -2.28. The van der Waals surface area contributed by atoms with Crippen LogP contribution in [0.25, 0.3) is 11.2 Å². The fourth-order valence-corrected chi connectivity index (χ4v) is 4.19. The van der Waals surface area contributed by atoms with E-state index in [0.29, 0.717) is 41.6 Å². The van der Waals surface area contributed by atoms with Crippen LogP contribution < -0.4 is 15.4 Å². The second-order valence-corrected chi connectivity index (χ2v) is 8.13. The molecule has 5 rings (SSSR count). The molecule has 0 spiro atoms. The lowest BCUT2D eigenvalue weighted by molar-refractivity contribution is 0.112.